The van der Waals surface area contributed by atoms with Gasteiger partial charge in [-0.15, -0.1) is 0 Å². The number of aromatic amines is 1. The van der Waals surface area contributed by atoms with Crippen LogP contribution in [0.3, 0.4) is 0 Å². The molecule has 0 amide bonds. The van der Waals surface area contributed by atoms with Crippen molar-refractivity contribution in [3.05, 3.63) is 107 Å². The first-order chi connectivity index (χ1) is 15.7. The Morgan fingerprint density at radius 2 is 1.75 bits per heavy atom. The first-order valence-corrected chi connectivity index (χ1v) is 11.0. The number of carbonyl (C=O) groups excluding carboxylic acids is 1. The predicted octanol–water partition coefficient (Wildman–Crippen LogP) is 5.39. The third kappa shape index (κ3) is 3.69. The van der Waals surface area contributed by atoms with Crippen molar-refractivity contribution in [3.63, 3.8) is 0 Å². The van der Waals surface area contributed by atoms with Crippen LogP contribution in [0.5, 0.6) is 0 Å². The van der Waals surface area contributed by atoms with Crippen molar-refractivity contribution >= 4 is 16.9 Å². The van der Waals surface area contributed by atoms with Crippen LogP contribution >= 0.6 is 0 Å². The van der Waals surface area contributed by atoms with Crippen molar-refractivity contribution in [1.82, 2.24) is 9.88 Å². The molecule has 3 aromatic carbocycles. The van der Waals surface area contributed by atoms with Crippen LogP contribution in [0.1, 0.15) is 35.3 Å². The summed E-state index contributed by atoms with van der Waals surface area (Å²) in [5, 5.41) is 1.11. The van der Waals surface area contributed by atoms with Crippen LogP contribution < -0.4 is 0 Å². The lowest BCUT2D eigenvalue weighted by atomic mass is 9.87. The molecule has 1 aliphatic heterocycles. The Hall–Kier alpha value is -3.44. The van der Waals surface area contributed by atoms with Gasteiger partial charge >= 0.3 is 5.97 Å². The van der Waals surface area contributed by atoms with Crippen LogP contribution in [-0.4, -0.2) is 28.5 Å². The van der Waals surface area contributed by atoms with Crippen LogP contribution in [0.2, 0.25) is 0 Å². The average molecular weight is 429 g/mol. The third-order valence-electron chi connectivity index (χ3n) is 6.20. The number of carbonyl (C=O) groups is 1. The molecule has 4 nitrogen and oxygen atoms in total. The normalized spacial score (nSPS) is 18.4. The lowest BCUT2D eigenvalue weighted by Crippen LogP contribution is -2.48. The van der Waals surface area contributed by atoms with Gasteiger partial charge in [-0.2, -0.15) is 0 Å². The van der Waals surface area contributed by atoms with Gasteiger partial charge in [0.1, 0.15) is 11.9 Å². The van der Waals surface area contributed by atoms with E-state index in [0.29, 0.717) is 19.6 Å². The molecule has 0 bridgehead atoms. The Morgan fingerprint density at radius 3 is 2.50 bits per heavy atom. The van der Waals surface area contributed by atoms with Crippen LogP contribution in [0.25, 0.3) is 10.9 Å². The second-order valence-corrected chi connectivity index (χ2v) is 8.15. The van der Waals surface area contributed by atoms with Gasteiger partial charge in [-0.05, 0) is 41.8 Å². The van der Waals surface area contributed by atoms with Crippen LogP contribution in [0.4, 0.5) is 4.39 Å². The molecule has 1 aliphatic rings. The van der Waals surface area contributed by atoms with E-state index in [-0.39, 0.29) is 17.8 Å². The van der Waals surface area contributed by atoms with E-state index in [0.717, 1.165) is 33.3 Å². The number of fused-ring (bicyclic) bond motifs is 3. The van der Waals surface area contributed by atoms with Crippen molar-refractivity contribution in [1.29, 1.82) is 0 Å². The summed E-state index contributed by atoms with van der Waals surface area (Å²) in [5.41, 5.74) is 5.25. The third-order valence-corrected chi connectivity index (χ3v) is 6.20. The molecule has 4 aromatic rings. The minimum absolute atomic E-state index is 0.230. The molecule has 32 heavy (non-hydrogen) atoms. The maximum atomic E-state index is 13.8. The van der Waals surface area contributed by atoms with Crippen molar-refractivity contribution in [3.8, 4) is 0 Å². The zero-order valence-corrected chi connectivity index (χ0v) is 17.9. The van der Waals surface area contributed by atoms with Crippen LogP contribution in [0, 0.1) is 5.82 Å². The van der Waals surface area contributed by atoms with Gasteiger partial charge in [0, 0.05) is 29.6 Å². The average Bonchev–Trinajstić information content (AvgIpc) is 3.18. The largest absolute Gasteiger partial charge is 0.465 e. The number of rotatable bonds is 5. The first kappa shape index (κ1) is 20.5. The van der Waals surface area contributed by atoms with Gasteiger partial charge in [0.2, 0.25) is 0 Å². The van der Waals surface area contributed by atoms with Gasteiger partial charge in [0.25, 0.3) is 0 Å². The van der Waals surface area contributed by atoms with Crippen molar-refractivity contribution in [2.75, 3.05) is 6.61 Å². The van der Waals surface area contributed by atoms with Crippen LogP contribution in [0.15, 0.2) is 78.9 Å². The number of benzene rings is 3. The number of nitrogens with one attached hydrogen (secondary N) is 1. The molecule has 2 heterocycles. The molecular formula is C27H25FN2O2. The van der Waals surface area contributed by atoms with Crippen molar-refractivity contribution in [2.45, 2.75) is 32.0 Å². The molecule has 0 fully saturated rings. The quantitative estimate of drug-likeness (QED) is 0.434. The minimum atomic E-state index is -0.447. The smallest absolute Gasteiger partial charge is 0.323 e. The molecule has 0 saturated heterocycles. The van der Waals surface area contributed by atoms with Gasteiger partial charge in [-0.3, -0.25) is 9.69 Å². The number of aromatic nitrogens is 1. The maximum Gasteiger partial charge on any atom is 0.323 e. The highest BCUT2D eigenvalue weighted by molar-refractivity contribution is 5.87. The molecule has 0 aliphatic carbocycles. The fourth-order valence-corrected chi connectivity index (χ4v) is 4.79. The van der Waals surface area contributed by atoms with E-state index < -0.39 is 6.04 Å². The number of halogens is 1. The Bertz CT molecular complexity index is 1230. The molecule has 1 aromatic heterocycles. The minimum Gasteiger partial charge on any atom is -0.465 e. The van der Waals surface area contributed by atoms with Gasteiger partial charge < -0.3 is 9.72 Å². The number of nitrogens with zero attached hydrogens (tertiary/aromatic N) is 1. The molecule has 0 radical (unpaired) electrons. The summed E-state index contributed by atoms with van der Waals surface area (Å²) in [7, 11) is 0. The van der Waals surface area contributed by atoms with E-state index in [4.69, 9.17) is 4.74 Å². The highest BCUT2D eigenvalue weighted by Crippen LogP contribution is 2.42. The number of esters is 1. The highest BCUT2D eigenvalue weighted by Gasteiger charge is 2.41. The molecular weight excluding hydrogens is 403 g/mol. The molecule has 5 heteroatoms. The highest BCUT2D eigenvalue weighted by atomic mass is 19.1. The summed E-state index contributed by atoms with van der Waals surface area (Å²) in [5.74, 6) is -0.510. The lowest BCUT2D eigenvalue weighted by molar-refractivity contribution is -0.151. The standard InChI is InChI=1S/C27H25FN2O2/c1-2-32-27(31)24-16-22-21-10-6-7-11-23(21)29-25(22)26(19-12-14-20(28)15-13-19)30(24)17-18-8-4-3-5-9-18/h3-15,24,26,29H,2,16-17H2,1H3/t24-,26+/m0/s1. The van der Waals surface area contributed by atoms with E-state index in [1.165, 1.54) is 12.1 Å². The Balaban J connectivity index is 1.70. The number of para-hydroxylation sites is 1. The van der Waals surface area contributed by atoms with E-state index in [1.54, 1.807) is 12.1 Å². The Kier molecular flexibility index (Phi) is 5.50. The summed E-state index contributed by atoms with van der Waals surface area (Å²) >= 11 is 0. The number of hydrogen-bond acceptors (Lipinski definition) is 3. The number of hydrogen-bond donors (Lipinski definition) is 1. The Morgan fingerprint density at radius 1 is 1.03 bits per heavy atom. The van der Waals surface area contributed by atoms with Crippen molar-refractivity contribution < 1.29 is 13.9 Å². The topological polar surface area (TPSA) is 45.3 Å². The van der Waals surface area contributed by atoms with Crippen molar-refractivity contribution in [2.24, 2.45) is 0 Å². The molecule has 0 unspecified atom stereocenters. The van der Waals surface area contributed by atoms with Gasteiger partial charge in [-0.1, -0.05) is 60.7 Å². The fourth-order valence-electron chi connectivity index (χ4n) is 4.79. The van der Waals surface area contributed by atoms with E-state index in [1.807, 2.05) is 37.3 Å². The van der Waals surface area contributed by atoms with Gasteiger partial charge in [-0.25, -0.2) is 4.39 Å². The number of ether oxygens (including phenoxy) is 1. The molecule has 162 valence electrons. The SMILES string of the molecule is CCOC(=O)[C@@H]1Cc2c([nH]c3ccccc23)[C@@H](c2ccc(F)cc2)N1Cc1ccccc1. The molecule has 0 spiro atoms. The summed E-state index contributed by atoms with van der Waals surface area (Å²) in [6, 6.07) is 24.1. The predicted molar refractivity (Wildman–Crippen MR) is 123 cm³/mol. The first-order valence-electron chi connectivity index (χ1n) is 11.0. The molecule has 2 atom stereocenters. The maximum absolute atomic E-state index is 13.8. The lowest BCUT2D eigenvalue weighted by Gasteiger charge is -2.41. The summed E-state index contributed by atoms with van der Waals surface area (Å²) in [6.45, 7) is 2.73. The summed E-state index contributed by atoms with van der Waals surface area (Å²) in [4.78, 5) is 18.9. The fraction of sp³-hybridized carbons (Fsp3) is 0.222. The second-order valence-electron chi connectivity index (χ2n) is 8.15. The van der Waals surface area contributed by atoms with Gasteiger partial charge in [0.05, 0.1) is 12.6 Å². The molecule has 0 saturated carbocycles. The zero-order chi connectivity index (χ0) is 22.1. The molecule has 5 rings (SSSR count). The van der Waals surface area contributed by atoms with E-state index in [9.17, 15) is 9.18 Å². The molecule has 1 N–H and O–H groups in total. The second kappa shape index (κ2) is 8.60. The van der Waals surface area contributed by atoms with E-state index in [2.05, 4.69) is 34.1 Å². The summed E-state index contributed by atoms with van der Waals surface area (Å²) < 4.78 is 19.3. The zero-order valence-electron chi connectivity index (χ0n) is 17.9. The van der Waals surface area contributed by atoms with Crippen LogP contribution in [-0.2, 0) is 22.5 Å². The van der Waals surface area contributed by atoms with Gasteiger partial charge in [0.15, 0.2) is 0 Å². The Labute approximate surface area is 186 Å². The monoisotopic (exact) mass is 428 g/mol. The van der Waals surface area contributed by atoms with E-state index >= 15 is 0 Å². The number of H-pyrrole nitrogens is 1. The summed E-state index contributed by atoms with van der Waals surface area (Å²) in [6.07, 6.45) is 0.558.